The SMILES string of the molecule is CCOC(=O)Cn1c(=O)c2c(nc3n(C(C)CC)c(C)cn23)n(C)c1=O. The van der Waals surface area contributed by atoms with Crippen LogP contribution in [0.25, 0.3) is 16.9 Å². The van der Waals surface area contributed by atoms with Crippen molar-refractivity contribution in [3.05, 3.63) is 32.7 Å². The van der Waals surface area contributed by atoms with Gasteiger partial charge in [-0.15, -0.1) is 0 Å². The first kappa shape index (κ1) is 18.0. The summed E-state index contributed by atoms with van der Waals surface area (Å²) in [7, 11) is 1.54. The van der Waals surface area contributed by atoms with Gasteiger partial charge in [0.1, 0.15) is 6.54 Å². The molecular weight excluding hydrogens is 338 g/mol. The van der Waals surface area contributed by atoms with Gasteiger partial charge in [-0.05, 0) is 27.2 Å². The van der Waals surface area contributed by atoms with Crippen molar-refractivity contribution in [3.8, 4) is 0 Å². The molecule has 3 rings (SSSR count). The number of carbonyl (C=O) groups is 1. The Morgan fingerprint density at radius 1 is 1.31 bits per heavy atom. The maximum atomic E-state index is 12.9. The summed E-state index contributed by atoms with van der Waals surface area (Å²) in [5.41, 5.74) is 0.394. The predicted molar refractivity (Wildman–Crippen MR) is 96.6 cm³/mol. The second-order valence-electron chi connectivity index (χ2n) is 6.39. The Balaban J connectivity index is 2.35. The van der Waals surface area contributed by atoms with Gasteiger partial charge in [0.15, 0.2) is 11.2 Å². The molecule has 3 aromatic rings. The highest BCUT2D eigenvalue weighted by molar-refractivity contribution is 5.76. The van der Waals surface area contributed by atoms with E-state index in [0.29, 0.717) is 11.4 Å². The Kier molecular flexibility index (Phi) is 4.47. The van der Waals surface area contributed by atoms with Crippen LogP contribution in [0.4, 0.5) is 0 Å². The zero-order valence-corrected chi connectivity index (χ0v) is 15.6. The van der Waals surface area contributed by atoms with E-state index in [1.54, 1.807) is 18.4 Å². The molecule has 1 unspecified atom stereocenters. The topological polar surface area (TPSA) is 92.5 Å². The third kappa shape index (κ3) is 2.54. The summed E-state index contributed by atoms with van der Waals surface area (Å²) < 4.78 is 10.8. The van der Waals surface area contributed by atoms with E-state index in [1.807, 2.05) is 17.7 Å². The number of nitrogens with zero attached hydrogens (tertiary/aromatic N) is 5. The quantitative estimate of drug-likeness (QED) is 0.632. The monoisotopic (exact) mass is 361 g/mol. The van der Waals surface area contributed by atoms with Gasteiger partial charge in [-0.25, -0.2) is 9.36 Å². The lowest BCUT2D eigenvalue weighted by atomic mass is 10.2. The molecule has 1 atom stereocenters. The van der Waals surface area contributed by atoms with E-state index < -0.39 is 23.8 Å². The maximum Gasteiger partial charge on any atom is 0.333 e. The van der Waals surface area contributed by atoms with Gasteiger partial charge in [0.25, 0.3) is 5.56 Å². The summed E-state index contributed by atoms with van der Waals surface area (Å²) in [5, 5.41) is 0. The van der Waals surface area contributed by atoms with Crippen molar-refractivity contribution in [2.45, 2.75) is 46.7 Å². The first-order valence-corrected chi connectivity index (χ1v) is 8.66. The number of hydrogen-bond donors (Lipinski definition) is 0. The molecule has 0 saturated carbocycles. The third-order valence-electron chi connectivity index (χ3n) is 4.69. The minimum atomic E-state index is -0.625. The Morgan fingerprint density at radius 2 is 2.00 bits per heavy atom. The molecule has 0 fully saturated rings. The van der Waals surface area contributed by atoms with Crippen molar-refractivity contribution < 1.29 is 9.53 Å². The summed E-state index contributed by atoms with van der Waals surface area (Å²) in [5.74, 6) is -0.0204. The molecule has 0 spiro atoms. The average Bonchev–Trinajstić information content (AvgIpc) is 3.11. The largest absolute Gasteiger partial charge is 0.465 e. The number of ether oxygens (including phenoxy) is 1. The lowest BCUT2D eigenvalue weighted by Crippen LogP contribution is -2.41. The molecule has 9 nitrogen and oxygen atoms in total. The van der Waals surface area contributed by atoms with E-state index in [4.69, 9.17) is 4.74 Å². The van der Waals surface area contributed by atoms with Crippen molar-refractivity contribution >= 4 is 22.9 Å². The van der Waals surface area contributed by atoms with Crippen LogP contribution in [-0.2, 0) is 23.1 Å². The van der Waals surface area contributed by atoms with E-state index in [1.165, 1.54) is 4.57 Å². The van der Waals surface area contributed by atoms with Crippen LogP contribution in [-0.4, -0.2) is 35.7 Å². The number of fused-ring (bicyclic) bond motifs is 3. The van der Waals surface area contributed by atoms with Gasteiger partial charge >= 0.3 is 11.7 Å². The van der Waals surface area contributed by atoms with E-state index in [-0.39, 0.29) is 18.2 Å². The number of aryl methyl sites for hydroxylation is 2. The van der Waals surface area contributed by atoms with Crippen molar-refractivity contribution in [1.82, 2.24) is 23.1 Å². The van der Waals surface area contributed by atoms with Crippen LogP contribution in [0.2, 0.25) is 0 Å². The molecule has 0 aliphatic carbocycles. The normalized spacial score (nSPS) is 12.8. The summed E-state index contributed by atoms with van der Waals surface area (Å²) in [6.07, 6.45) is 2.73. The first-order valence-electron chi connectivity index (χ1n) is 8.66. The average molecular weight is 361 g/mol. The highest BCUT2D eigenvalue weighted by atomic mass is 16.5. The number of aromatic nitrogens is 5. The van der Waals surface area contributed by atoms with Crippen LogP contribution in [0.15, 0.2) is 15.8 Å². The Hall–Kier alpha value is -2.84. The summed E-state index contributed by atoms with van der Waals surface area (Å²) in [6.45, 7) is 7.53. The van der Waals surface area contributed by atoms with Gasteiger partial charge in [-0.2, -0.15) is 4.98 Å². The fraction of sp³-hybridized carbons (Fsp3) is 0.529. The molecule has 9 heteroatoms. The zero-order valence-electron chi connectivity index (χ0n) is 15.6. The molecule has 3 aromatic heterocycles. The standard InChI is InChI=1S/C17H23N5O4/c1-6-10(3)22-11(4)8-20-13-14(18-16(20)22)19(5)17(25)21(15(13)24)9-12(23)26-7-2/h8,10H,6-7,9H2,1-5H3. The third-order valence-corrected chi connectivity index (χ3v) is 4.69. The maximum absolute atomic E-state index is 12.9. The summed E-state index contributed by atoms with van der Waals surface area (Å²) in [6, 6.07) is 0.197. The molecule has 0 aromatic carbocycles. The fourth-order valence-corrected chi connectivity index (χ4v) is 3.23. The molecule has 0 bridgehead atoms. The second kappa shape index (κ2) is 6.47. The van der Waals surface area contributed by atoms with Crippen molar-refractivity contribution in [1.29, 1.82) is 0 Å². The van der Waals surface area contributed by atoms with Gasteiger partial charge in [0.2, 0.25) is 5.78 Å². The van der Waals surface area contributed by atoms with Crippen LogP contribution in [0.3, 0.4) is 0 Å². The lowest BCUT2D eigenvalue weighted by molar-refractivity contribution is -0.143. The second-order valence-corrected chi connectivity index (χ2v) is 6.39. The fourth-order valence-electron chi connectivity index (χ4n) is 3.23. The highest BCUT2D eigenvalue weighted by Crippen LogP contribution is 2.22. The van der Waals surface area contributed by atoms with Crippen LogP contribution in [0.1, 0.15) is 38.9 Å². The summed E-state index contributed by atoms with van der Waals surface area (Å²) in [4.78, 5) is 41.8. The van der Waals surface area contributed by atoms with Crippen LogP contribution < -0.4 is 11.2 Å². The zero-order chi connectivity index (χ0) is 19.2. The van der Waals surface area contributed by atoms with Gasteiger partial charge < -0.3 is 9.30 Å². The number of rotatable bonds is 5. The van der Waals surface area contributed by atoms with Crippen LogP contribution in [0, 0.1) is 6.92 Å². The Labute approximate surface area is 149 Å². The number of imidazole rings is 2. The van der Waals surface area contributed by atoms with Crippen LogP contribution in [0.5, 0.6) is 0 Å². The minimum Gasteiger partial charge on any atom is -0.465 e. The Bertz CT molecular complexity index is 1110. The van der Waals surface area contributed by atoms with Gasteiger partial charge in [-0.1, -0.05) is 6.92 Å². The van der Waals surface area contributed by atoms with E-state index in [9.17, 15) is 14.4 Å². The highest BCUT2D eigenvalue weighted by Gasteiger charge is 2.22. The van der Waals surface area contributed by atoms with Gasteiger partial charge in [-0.3, -0.25) is 18.6 Å². The molecule has 0 N–H and O–H groups in total. The molecule has 140 valence electrons. The first-order chi connectivity index (χ1) is 12.3. The molecule has 26 heavy (non-hydrogen) atoms. The van der Waals surface area contributed by atoms with Crippen molar-refractivity contribution in [2.75, 3.05) is 6.61 Å². The van der Waals surface area contributed by atoms with E-state index in [2.05, 4.69) is 18.8 Å². The Morgan fingerprint density at radius 3 is 2.62 bits per heavy atom. The smallest absolute Gasteiger partial charge is 0.333 e. The van der Waals surface area contributed by atoms with E-state index in [0.717, 1.165) is 16.7 Å². The molecular formula is C17H23N5O4. The van der Waals surface area contributed by atoms with Crippen molar-refractivity contribution in [3.63, 3.8) is 0 Å². The van der Waals surface area contributed by atoms with Gasteiger partial charge in [0, 0.05) is 25.0 Å². The number of hydrogen-bond acceptors (Lipinski definition) is 5. The molecule has 3 heterocycles. The molecule has 0 radical (unpaired) electrons. The van der Waals surface area contributed by atoms with Gasteiger partial charge in [0.05, 0.1) is 6.61 Å². The molecule has 0 aliphatic rings. The predicted octanol–water partition coefficient (Wildman–Crippen LogP) is 0.992. The van der Waals surface area contributed by atoms with E-state index >= 15 is 0 Å². The lowest BCUT2D eigenvalue weighted by Gasteiger charge is -2.12. The molecule has 0 saturated heterocycles. The minimum absolute atomic E-state index is 0.185. The number of carbonyl (C=O) groups excluding carboxylic acids is 1. The number of esters is 1. The molecule has 0 aliphatic heterocycles. The van der Waals surface area contributed by atoms with Crippen LogP contribution >= 0.6 is 0 Å². The molecule has 0 amide bonds. The van der Waals surface area contributed by atoms with Crippen molar-refractivity contribution in [2.24, 2.45) is 7.05 Å². The summed E-state index contributed by atoms with van der Waals surface area (Å²) >= 11 is 0.